The molecule has 0 saturated carbocycles. The molecular weight excluding hydrogens is 380 g/mol. The van der Waals surface area contributed by atoms with Crippen molar-refractivity contribution in [1.82, 2.24) is 5.32 Å². The fourth-order valence-corrected chi connectivity index (χ4v) is 2.36. The third kappa shape index (κ3) is 6.80. The SMILES string of the molecule is CCOc1ccc(OCCNC(=O)COC(=O)c2ccc(C)c([N+](=O)[O-])c2)cc1. The van der Waals surface area contributed by atoms with Crippen LogP contribution >= 0.6 is 0 Å². The van der Waals surface area contributed by atoms with Crippen LogP contribution in [0.1, 0.15) is 22.8 Å². The molecule has 1 amide bonds. The Labute approximate surface area is 167 Å². The molecule has 0 aliphatic heterocycles. The Morgan fingerprint density at radius 1 is 1.07 bits per heavy atom. The van der Waals surface area contributed by atoms with Crippen LogP contribution in [0.15, 0.2) is 42.5 Å². The van der Waals surface area contributed by atoms with Crippen molar-refractivity contribution in [2.24, 2.45) is 0 Å². The highest BCUT2D eigenvalue weighted by Gasteiger charge is 2.16. The van der Waals surface area contributed by atoms with Crippen molar-refractivity contribution in [3.8, 4) is 11.5 Å². The Bertz CT molecular complexity index is 866. The Kier molecular flexibility index (Phi) is 7.96. The first-order valence-electron chi connectivity index (χ1n) is 8.95. The highest BCUT2D eigenvalue weighted by Crippen LogP contribution is 2.20. The fraction of sp³-hybridized carbons (Fsp3) is 0.300. The number of nitrogens with one attached hydrogen (secondary N) is 1. The normalized spacial score (nSPS) is 10.1. The lowest BCUT2D eigenvalue weighted by atomic mass is 10.1. The van der Waals surface area contributed by atoms with Gasteiger partial charge in [-0.1, -0.05) is 6.07 Å². The van der Waals surface area contributed by atoms with Gasteiger partial charge in [-0.2, -0.15) is 0 Å². The van der Waals surface area contributed by atoms with E-state index in [2.05, 4.69) is 5.32 Å². The molecule has 0 saturated heterocycles. The van der Waals surface area contributed by atoms with Crippen molar-refractivity contribution in [2.45, 2.75) is 13.8 Å². The number of esters is 1. The first kappa shape index (κ1) is 21.7. The van der Waals surface area contributed by atoms with Crippen molar-refractivity contribution < 1.29 is 28.7 Å². The molecule has 2 rings (SSSR count). The maximum absolute atomic E-state index is 12.0. The molecule has 1 N–H and O–H groups in total. The number of nitrogens with zero attached hydrogens (tertiary/aromatic N) is 1. The Balaban J connectivity index is 1.71. The molecule has 0 fully saturated rings. The van der Waals surface area contributed by atoms with Gasteiger partial charge in [-0.05, 0) is 44.2 Å². The molecule has 0 aliphatic rings. The maximum atomic E-state index is 12.0. The van der Waals surface area contributed by atoms with E-state index in [0.717, 1.165) is 11.8 Å². The lowest BCUT2D eigenvalue weighted by Gasteiger charge is -2.09. The topological polar surface area (TPSA) is 117 Å². The molecule has 0 heterocycles. The molecule has 0 bridgehead atoms. The third-order valence-electron chi connectivity index (χ3n) is 3.80. The molecule has 0 atom stereocenters. The summed E-state index contributed by atoms with van der Waals surface area (Å²) in [5, 5.41) is 13.5. The summed E-state index contributed by atoms with van der Waals surface area (Å²) in [7, 11) is 0. The third-order valence-corrected chi connectivity index (χ3v) is 3.80. The number of benzene rings is 2. The summed E-state index contributed by atoms with van der Waals surface area (Å²) >= 11 is 0. The van der Waals surface area contributed by atoms with Crippen molar-refractivity contribution in [3.63, 3.8) is 0 Å². The Morgan fingerprint density at radius 2 is 1.72 bits per heavy atom. The van der Waals surface area contributed by atoms with Crippen LogP contribution in [-0.4, -0.2) is 43.2 Å². The van der Waals surface area contributed by atoms with Crippen LogP contribution < -0.4 is 14.8 Å². The van der Waals surface area contributed by atoms with Gasteiger partial charge in [0.05, 0.1) is 23.6 Å². The molecule has 9 nitrogen and oxygen atoms in total. The largest absolute Gasteiger partial charge is 0.494 e. The average molecular weight is 402 g/mol. The van der Waals surface area contributed by atoms with E-state index in [0.29, 0.717) is 17.9 Å². The number of ether oxygens (including phenoxy) is 3. The molecular formula is C20H22N2O7. The van der Waals surface area contributed by atoms with E-state index in [1.807, 2.05) is 6.92 Å². The van der Waals surface area contributed by atoms with Crippen molar-refractivity contribution in [2.75, 3.05) is 26.4 Å². The molecule has 9 heteroatoms. The number of amides is 1. The number of rotatable bonds is 10. The number of hydrogen-bond donors (Lipinski definition) is 1. The van der Waals surface area contributed by atoms with Crippen LogP contribution in [0.4, 0.5) is 5.69 Å². The first-order valence-corrected chi connectivity index (χ1v) is 8.95. The number of aryl methyl sites for hydroxylation is 1. The number of nitro benzene ring substituents is 1. The minimum Gasteiger partial charge on any atom is -0.494 e. The lowest BCUT2D eigenvalue weighted by molar-refractivity contribution is -0.385. The minimum atomic E-state index is -0.811. The van der Waals surface area contributed by atoms with Gasteiger partial charge in [-0.3, -0.25) is 14.9 Å². The summed E-state index contributed by atoms with van der Waals surface area (Å²) in [4.78, 5) is 34.1. The van der Waals surface area contributed by atoms with E-state index in [1.165, 1.54) is 12.1 Å². The Morgan fingerprint density at radius 3 is 2.34 bits per heavy atom. The molecule has 2 aromatic carbocycles. The van der Waals surface area contributed by atoms with E-state index in [-0.39, 0.29) is 24.4 Å². The van der Waals surface area contributed by atoms with E-state index < -0.39 is 23.4 Å². The smallest absolute Gasteiger partial charge is 0.338 e. The lowest BCUT2D eigenvalue weighted by Crippen LogP contribution is -2.32. The monoisotopic (exact) mass is 402 g/mol. The van der Waals surface area contributed by atoms with E-state index in [4.69, 9.17) is 14.2 Å². The zero-order valence-electron chi connectivity index (χ0n) is 16.2. The number of carbonyl (C=O) groups excluding carboxylic acids is 2. The average Bonchev–Trinajstić information content (AvgIpc) is 2.71. The van der Waals surface area contributed by atoms with Crippen LogP contribution in [0.5, 0.6) is 11.5 Å². The van der Waals surface area contributed by atoms with Gasteiger partial charge in [0.2, 0.25) is 0 Å². The summed E-state index contributed by atoms with van der Waals surface area (Å²) < 4.78 is 15.7. The molecule has 0 aliphatic carbocycles. The predicted molar refractivity (Wildman–Crippen MR) is 104 cm³/mol. The maximum Gasteiger partial charge on any atom is 0.338 e. The van der Waals surface area contributed by atoms with Gasteiger partial charge < -0.3 is 19.5 Å². The molecule has 0 unspecified atom stereocenters. The Hall–Kier alpha value is -3.62. The molecule has 29 heavy (non-hydrogen) atoms. The first-order chi connectivity index (χ1) is 13.9. The minimum absolute atomic E-state index is 0.00827. The van der Waals surface area contributed by atoms with Gasteiger partial charge in [-0.15, -0.1) is 0 Å². The number of nitro groups is 1. The highest BCUT2D eigenvalue weighted by atomic mass is 16.6. The van der Waals surface area contributed by atoms with Crippen LogP contribution in [-0.2, 0) is 9.53 Å². The van der Waals surface area contributed by atoms with Gasteiger partial charge in [0.25, 0.3) is 11.6 Å². The molecule has 2 aromatic rings. The quantitative estimate of drug-likeness (QED) is 0.281. The van der Waals surface area contributed by atoms with Gasteiger partial charge in [0, 0.05) is 11.6 Å². The molecule has 0 aromatic heterocycles. The molecule has 0 radical (unpaired) electrons. The van der Waals surface area contributed by atoms with Crippen LogP contribution in [0, 0.1) is 17.0 Å². The highest BCUT2D eigenvalue weighted by molar-refractivity contribution is 5.92. The molecule has 0 spiro atoms. The summed E-state index contributed by atoms with van der Waals surface area (Å²) in [6, 6.07) is 11.1. The summed E-state index contributed by atoms with van der Waals surface area (Å²) in [5.74, 6) is 0.0631. The predicted octanol–water partition coefficient (Wildman–Crippen LogP) is 2.65. The van der Waals surface area contributed by atoms with Gasteiger partial charge in [0.15, 0.2) is 6.61 Å². The zero-order chi connectivity index (χ0) is 21.2. The summed E-state index contributed by atoms with van der Waals surface area (Å²) in [6.45, 7) is 4.00. The van der Waals surface area contributed by atoms with Crippen molar-refractivity contribution >= 4 is 17.6 Å². The standard InChI is InChI=1S/C20H22N2O7/c1-3-27-16-6-8-17(9-7-16)28-11-10-21-19(23)13-29-20(24)15-5-4-14(2)18(12-15)22(25)26/h4-9,12H,3,10-11,13H2,1-2H3,(H,21,23). The number of carbonyl (C=O) groups is 2. The van der Waals surface area contributed by atoms with Crippen molar-refractivity contribution in [3.05, 3.63) is 63.7 Å². The molecule has 154 valence electrons. The fourth-order valence-electron chi connectivity index (χ4n) is 2.36. The summed E-state index contributed by atoms with van der Waals surface area (Å²) in [6.07, 6.45) is 0. The van der Waals surface area contributed by atoms with Gasteiger partial charge in [-0.25, -0.2) is 4.79 Å². The van der Waals surface area contributed by atoms with Crippen molar-refractivity contribution in [1.29, 1.82) is 0 Å². The second-order valence-electron chi connectivity index (χ2n) is 5.94. The van der Waals surface area contributed by atoms with Crippen LogP contribution in [0.3, 0.4) is 0 Å². The number of hydrogen-bond acceptors (Lipinski definition) is 7. The van der Waals surface area contributed by atoms with Gasteiger partial charge >= 0.3 is 5.97 Å². The van der Waals surface area contributed by atoms with Crippen LogP contribution in [0.2, 0.25) is 0 Å². The second-order valence-corrected chi connectivity index (χ2v) is 5.94. The van der Waals surface area contributed by atoms with E-state index in [9.17, 15) is 19.7 Å². The summed E-state index contributed by atoms with van der Waals surface area (Å²) in [5.41, 5.74) is 0.251. The zero-order valence-corrected chi connectivity index (χ0v) is 16.2. The van der Waals surface area contributed by atoms with Crippen LogP contribution in [0.25, 0.3) is 0 Å². The van der Waals surface area contributed by atoms with Gasteiger partial charge in [0.1, 0.15) is 18.1 Å². The van der Waals surface area contributed by atoms with E-state index >= 15 is 0 Å². The van der Waals surface area contributed by atoms with E-state index in [1.54, 1.807) is 31.2 Å². The second kappa shape index (κ2) is 10.6.